The molecule has 0 aliphatic carbocycles. The molecule has 6 atom stereocenters. The van der Waals surface area contributed by atoms with Gasteiger partial charge in [-0.15, -0.1) is 0 Å². The van der Waals surface area contributed by atoms with E-state index < -0.39 is 36.5 Å². The Bertz CT molecular complexity index is 1390. The molecule has 1 heterocycles. The lowest BCUT2D eigenvalue weighted by atomic mass is 9.89. The van der Waals surface area contributed by atoms with Gasteiger partial charge in [0.15, 0.2) is 12.1 Å². The summed E-state index contributed by atoms with van der Waals surface area (Å²) in [6.45, 7) is 3.16. The van der Waals surface area contributed by atoms with Crippen molar-refractivity contribution in [3.63, 3.8) is 0 Å². The van der Waals surface area contributed by atoms with Gasteiger partial charge in [0.2, 0.25) is 0 Å². The topological polar surface area (TPSA) is 95.8 Å². The molecule has 4 aromatic rings. The number of aliphatic hydroxyl groups excluding tert-OH is 1. The van der Waals surface area contributed by atoms with Crippen LogP contribution in [-0.4, -0.2) is 59.9 Å². The Labute approximate surface area is 271 Å². The number of rotatable bonds is 17. The molecule has 0 saturated carbocycles. The van der Waals surface area contributed by atoms with Gasteiger partial charge in [-0.25, -0.2) is 0 Å². The first kappa shape index (κ1) is 33.9. The zero-order valence-electron chi connectivity index (χ0n) is 26.2. The third-order valence-electron chi connectivity index (χ3n) is 7.85. The van der Waals surface area contributed by atoms with Gasteiger partial charge in [0, 0.05) is 6.61 Å². The largest absolute Gasteiger partial charge is 0.374 e. The Morgan fingerprint density at radius 1 is 0.630 bits per heavy atom. The third kappa shape index (κ3) is 9.78. The second-order valence-corrected chi connectivity index (χ2v) is 11.4. The van der Waals surface area contributed by atoms with Crippen molar-refractivity contribution >= 4 is 0 Å². The molecule has 1 aliphatic rings. The molecule has 2 N–H and O–H groups in total. The zero-order valence-corrected chi connectivity index (χ0v) is 26.2. The number of ether oxygens (including phenoxy) is 6. The van der Waals surface area contributed by atoms with Crippen LogP contribution in [0.2, 0.25) is 0 Å². The minimum Gasteiger partial charge on any atom is -0.374 e. The molecule has 244 valence electrons. The standard InChI is InChI=1S/C38H44O8/c1-2-42-34(39)23-38(40)37(45-27-32-21-13-6-14-22-32)36(44-26-31-19-11-5-12-20-31)35(43-25-30-17-9-4-10-18-30)33(46-38)28-41-24-29-15-7-3-8-16-29/h3-22,33-37,39-40H,2,23-28H2,1H3/t33-,34?,35+,36+,37-,38+/m1/s1. The van der Waals surface area contributed by atoms with Crippen molar-refractivity contribution in [2.24, 2.45) is 0 Å². The van der Waals surface area contributed by atoms with Gasteiger partial charge in [-0.2, -0.15) is 0 Å². The Balaban J connectivity index is 1.47. The maximum Gasteiger partial charge on any atom is 0.200 e. The lowest BCUT2D eigenvalue weighted by Crippen LogP contribution is -2.68. The van der Waals surface area contributed by atoms with E-state index in [2.05, 4.69) is 0 Å². The van der Waals surface area contributed by atoms with Gasteiger partial charge in [0.05, 0.1) is 39.5 Å². The highest BCUT2D eigenvalue weighted by Gasteiger charge is 2.57. The molecule has 8 nitrogen and oxygen atoms in total. The first-order valence-corrected chi connectivity index (χ1v) is 15.8. The predicted molar refractivity (Wildman–Crippen MR) is 173 cm³/mol. The van der Waals surface area contributed by atoms with Gasteiger partial charge < -0.3 is 38.6 Å². The zero-order chi connectivity index (χ0) is 32.0. The highest BCUT2D eigenvalue weighted by molar-refractivity contribution is 5.17. The van der Waals surface area contributed by atoms with E-state index in [4.69, 9.17) is 28.4 Å². The van der Waals surface area contributed by atoms with Gasteiger partial charge in [0.1, 0.15) is 24.4 Å². The molecular formula is C38H44O8. The van der Waals surface area contributed by atoms with Crippen LogP contribution >= 0.6 is 0 Å². The summed E-state index contributed by atoms with van der Waals surface area (Å²) in [5.41, 5.74) is 3.84. The van der Waals surface area contributed by atoms with E-state index in [-0.39, 0.29) is 39.5 Å². The second-order valence-electron chi connectivity index (χ2n) is 11.4. The minimum atomic E-state index is -2.00. The first-order valence-electron chi connectivity index (χ1n) is 15.8. The van der Waals surface area contributed by atoms with Crippen molar-refractivity contribution in [2.75, 3.05) is 13.2 Å². The molecule has 1 saturated heterocycles. The molecule has 1 aliphatic heterocycles. The van der Waals surface area contributed by atoms with Crippen molar-refractivity contribution in [1.82, 2.24) is 0 Å². The van der Waals surface area contributed by atoms with E-state index in [1.54, 1.807) is 6.92 Å². The van der Waals surface area contributed by atoms with Crippen LogP contribution in [0.5, 0.6) is 0 Å². The third-order valence-corrected chi connectivity index (χ3v) is 7.85. The summed E-state index contributed by atoms with van der Waals surface area (Å²) in [7, 11) is 0. The molecular weight excluding hydrogens is 584 g/mol. The summed E-state index contributed by atoms with van der Waals surface area (Å²) in [5, 5.41) is 23.1. The Kier molecular flexibility index (Phi) is 12.9. The molecule has 0 radical (unpaired) electrons. The van der Waals surface area contributed by atoms with Gasteiger partial charge in [-0.3, -0.25) is 0 Å². The quantitative estimate of drug-likeness (QED) is 0.142. The number of benzene rings is 4. The number of hydrogen-bond acceptors (Lipinski definition) is 8. The lowest BCUT2D eigenvalue weighted by Gasteiger charge is -2.50. The van der Waals surface area contributed by atoms with E-state index in [0.717, 1.165) is 22.3 Å². The molecule has 0 aromatic heterocycles. The SMILES string of the molecule is CCOC(O)C[C@]1(O)O[C@H](COCc2ccccc2)[C@H](OCc2ccccc2)[C@H](OCc2ccccc2)[C@H]1OCc1ccccc1. The van der Waals surface area contributed by atoms with E-state index in [1.165, 1.54) is 0 Å². The molecule has 5 rings (SSSR count). The van der Waals surface area contributed by atoms with Gasteiger partial charge in [0.25, 0.3) is 0 Å². The smallest absolute Gasteiger partial charge is 0.200 e. The van der Waals surface area contributed by atoms with Crippen LogP contribution in [0.4, 0.5) is 0 Å². The normalized spacial score (nSPS) is 23.6. The van der Waals surface area contributed by atoms with E-state index >= 15 is 0 Å². The molecule has 4 aromatic carbocycles. The van der Waals surface area contributed by atoms with E-state index in [1.807, 2.05) is 121 Å². The summed E-state index contributed by atoms with van der Waals surface area (Å²) in [4.78, 5) is 0. The minimum absolute atomic E-state index is 0.0952. The summed E-state index contributed by atoms with van der Waals surface area (Å²) in [6, 6.07) is 39.2. The molecule has 0 bridgehead atoms. The van der Waals surface area contributed by atoms with Crippen LogP contribution < -0.4 is 0 Å². The fraction of sp³-hybridized carbons (Fsp3) is 0.368. The van der Waals surface area contributed by atoms with Gasteiger partial charge in [-0.05, 0) is 29.2 Å². The van der Waals surface area contributed by atoms with E-state index in [0.29, 0.717) is 6.61 Å². The maximum absolute atomic E-state index is 12.3. The summed E-state index contributed by atoms with van der Waals surface area (Å²) in [5.74, 6) is -2.00. The predicted octanol–water partition coefficient (Wildman–Crippen LogP) is 5.79. The maximum atomic E-state index is 12.3. The number of hydrogen-bond donors (Lipinski definition) is 2. The van der Waals surface area contributed by atoms with Crippen molar-refractivity contribution in [3.05, 3.63) is 144 Å². The van der Waals surface area contributed by atoms with Crippen molar-refractivity contribution in [1.29, 1.82) is 0 Å². The fourth-order valence-corrected chi connectivity index (χ4v) is 5.60. The lowest BCUT2D eigenvalue weighted by molar-refractivity contribution is -0.382. The molecule has 8 heteroatoms. The van der Waals surface area contributed by atoms with Gasteiger partial charge in [-0.1, -0.05) is 121 Å². The molecule has 0 spiro atoms. The van der Waals surface area contributed by atoms with Crippen LogP contribution in [0.3, 0.4) is 0 Å². The molecule has 1 unspecified atom stereocenters. The van der Waals surface area contributed by atoms with E-state index in [9.17, 15) is 10.2 Å². The second kappa shape index (κ2) is 17.5. The Morgan fingerprint density at radius 2 is 1.07 bits per heavy atom. The molecule has 0 amide bonds. The van der Waals surface area contributed by atoms with Crippen LogP contribution in [-0.2, 0) is 54.8 Å². The van der Waals surface area contributed by atoms with Crippen LogP contribution in [0.25, 0.3) is 0 Å². The average molecular weight is 629 g/mol. The van der Waals surface area contributed by atoms with Crippen molar-refractivity contribution in [2.45, 2.75) is 76.3 Å². The van der Waals surface area contributed by atoms with Crippen LogP contribution in [0.15, 0.2) is 121 Å². The fourth-order valence-electron chi connectivity index (χ4n) is 5.60. The first-order chi connectivity index (χ1) is 22.5. The Morgan fingerprint density at radius 3 is 1.54 bits per heavy atom. The van der Waals surface area contributed by atoms with Crippen LogP contribution in [0.1, 0.15) is 35.6 Å². The summed E-state index contributed by atoms with van der Waals surface area (Å²) >= 11 is 0. The monoisotopic (exact) mass is 628 g/mol. The Hall–Kier alpha value is -3.44. The summed E-state index contributed by atoms with van der Waals surface area (Å²) < 4.78 is 37.8. The average Bonchev–Trinajstić information content (AvgIpc) is 3.08. The van der Waals surface area contributed by atoms with Gasteiger partial charge >= 0.3 is 0 Å². The van der Waals surface area contributed by atoms with Crippen molar-refractivity contribution in [3.8, 4) is 0 Å². The molecule has 46 heavy (non-hydrogen) atoms. The van der Waals surface area contributed by atoms with Crippen molar-refractivity contribution < 1.29 is 38.6 Å². The van der Waals surface area contributed by atoms with Crippen LogP contribution in [0, 0.1) is 0 Å². The highest BCUT2D eigenvalue weighted by Crippen LogP contribution is 2.38. The summed E-state index contributed by atoms with van der Waals surface area (Å²) in [6.07, 6.45) is -4.93. The highest BCUT2D eigenvalue weighted by atomic mass is 16.7. The molecule has 1 fully saturated rings. The number of aliphatic hydroxyl groups is 2.